The van der Waals surface area contributed by atoms with Crippen molar-refractivity contribution in [3.05, 3.63) is 30.3 Å². The lowest BCUT2D eigenvalue weighted by atomic mass is 9.83. The van der Waals surface area contributed by atoms with Crippen molar-refractivity contribution in [1.82, 2.24) is 5.32 Å². The lowest BCUT2D eigenvalue weighted by Gasteiger charge is -2.45. The molecule has 1 fully saturated rings. The van der Waals surface area contributed by atoms with E-state index in [0.717, 1.165) is 18.6 Å². The average Bonchev–Trinajstić information content (AvgIpc) is 2.56. The molecule has 0 unspecified atom stereocenters. The summed E-state index contributed by atoms with van der Waals surface area (Å²) in [7, 11) is -1.88. The summed E-state index contributed by atoms with van der Waals surface area (Å²) < 4.78 is 12.0. The van der Waals surface area contributed by atoms with Crippen molar-refractivity contribution in [3.63, 3.8) is 0 Å². The van der Waals surface area contributed by atoms with Crippen LogP contribution in [0.2, 0.25) is 18.1 Å². The third kappa shape index (κ3) is 5.85. The molecule has 2 rings (SSSR count). The summed E-state index contributed by atoms with van der Waals surface area (Å²) in [6.45, 7) is 13.5. The van der Waals surface area contributed by atoms with Crippen LogP contribution in [-0.2, 0) is 9.22 Å². The molecular formula is C22H33NO3Si. The van der Waals surface area contributed by atoms with Crippen LogP contribution < -0.4 is 10.1 Å². The van der Waals surface area contributed by atoms with Crippen LogP contribution in [0, 0.1) is 17.8 Å². The van der Waals surface area contributed by atoms with Crippen molar-refractivity contribution in [2.75, 3.05) is 6.61 Å². The van der Waals surface area contributed by atoms with E-state index < -0.39 is 8.32 Å². The van der Waals surface area contributed by atoms with Gasteiger partial charge in [0.15, 0.2) is 8.32 Å². The summed E-state index contributed by atoms with van der Waals surface area (Å²) in [5, 5.41) is 3.15. The minimum Gasteiger partial charge on any atom is -0.481 e. The maximum atomic E-state index is 12.1. The van der Waals surface area contributed by atoms with E-state index in [4.69, 9.17) is 9.16 Å². The van der Waals surface area contributed by atoms with Crippen LogP contribution in [0.25, 0.3) is 0 Å². The molecule has 0 saturated carbocycles. The van der Waals surface area contributed by atoms with Crippen molar-refractivity contribution in [1.29, 1.82) is 0 Å². The smallest absolute Gasteiger partial charge is 0.228 e. The van der Waals surface area contributed by atoms with E-state index in [9.17, 15) is 4.79 Å². The van der Waals surface area contributed by atoms with Crippen molar-refractivity contribution in [2.45, 2.75) is 70.8 Å². The number of β-lactam (4-membered cyclic amide) rings is 1. The van der Waals surface area contributed by atoms with Gasteiger partial charge in [0.1, 0.15) is 12.4 Å². The van der Waals surface area contributed by atoms with Crippen molar-refractivity contribution >= 4 is 14.2 Å². The summed E-state index contributed by atoms with van der Waals surface area (Å²) in [4.78, 5) is 12.1. The number of benzene rings is 1. The van der Waals surface area contributed by atoms with Crippen LogP contribution in [0.4, 0.5) is 0 Å². The second-order valence-electron chi connectivity index (χ2n) is 8.72. The van der Waals surface area contributed by atoms with Gasteiger partial charge in [0.25, 0.3) is 0 Å². The van der Waals surface area contributed by atoms with E-state index in [1.54, 1.807) is 0 Å². The number of amides is 1. The van der Waals surface area contributed by atoms with Gasteiger partial charge in [0, 0.05) is 12.5 Å². The average molecular weight is 388 g/mol. The predicted octanol–water partition coefficient (Wildman–Crippen LogP) is 4.37. The maximum absolute atomic E-state index is 12.1. The molecule has 1 N–H and O–H groups in total. The molecule has 1 aliphatic rings. The lowest BCUT2D eigenvalue weighted by molar-refractivity contribution is -0.140. The summed E-state index contributed by atoms with van der Waals surface area (Å²) in [5.41, 5.74) is 0. The van der Waals surface area contributed by atoms with Crippen molar-refractivity contribution in [2.24, 2.45) is 5.92 Å². The SMILES string of the molecule is C[C@@H](O[Si](C)(C)C(C)(C)C)[C@H]1C(=O)N[C@@H]1CCC#CCOc1ccccc1. The second kappa shape index (κ2) is 8.94. The molecule has 4 nitrogen and oxygen atoms in total. The summed E-state index contributed by atoms with van der Waals surface area (Å²) >= 11 is 0. The molecule has 1 amide bonds. The van der Waals surface area contributed by atoms with E-state index in [0.29, 0.717) is 6.61 Å². The van der Waals surface area contributed by atoms with Gasteiger partial charge in [0.2, 0.25) is 5.91 Å². The molecule has 5 heteroatoms. The predicted molar refractivity (Wildman–Crippen MR) is 112 cm³/mol. The first-order valence-corrected chi connectivity index (χ1v) is 12.6. The molecule has 1 aromatic carbocycles. The quantitative estimate of drug-likeness (QED) is 0.429. The van der Waals surface area contributed by atoms with E-state index in [2.05, 4.69) is 51.0 Å². The third-order valence-corrected chi connectivity index (χ3v) is 10.2. The van der Waals surface area contributed by atoms with Gasteiger partial charge in [-0.2, -0.15) is 0 Å². The Bertz CT molecular complexity index is 685. The van der Waals surface area contributed by atoms with E-state index in [1.807, 2.05) is 37.3 Å². The number of carbonyl (C=O) groups excluding carboxylic acids is 1. The van der Waals surface area contributed by atoms with E-state index in [-0.39, 0.29) is 29.0 Å². The Morgan fingerprint density at radius 3 is 2.44 bits per heavy atom. The third-order valence-electron chi connectivity index (χ3n) is 5.62. The molecule has 0 spiro atoms. The van der Waals surface area contributed by atoms with Gasteiger partial charge >= 0.3 is 0 Å². The number of nitrogens with one attached hydrogen (secondary N) is 1. The minimum absolute atomic E-state index is 0.0565. The van der Waals surface area contributed by atoms with E-state index in [1.165, 1.54) is 0 Å². The van der Waals surface area contributed by atoms with Gasteiger partial charge in [-0.15, -0.1) is 0 Å². The standard InChI is InChI=1S/C22H33NO3Si/c1-17(26-27(5,6)22(2,3)4)20-19(23-21(20)24)15-11-8-12-16-25-18-13-9-7-10-14-18/h7,9-10,13-14,17,19-20H,11,15-16H2,1-6H3,(H,23,24)/t17-,19-,20-/m1/s1. The summed E-state index contributed by atoms with van der Waals surface area (Å²) in [5.74, 6) is 7.05. The zero-order chi connectivity index (χ0) is 20.1. The molecule has 0 aliphatic carbocycles. The normalized spacial score (nSPS) is 20.7. The van der Waals surface area contributed by atoms with Gasteiger partial charge < -0.3 is 14.5 Å². The number of hydrogen-bond acceptors (Lipinski definition) is 3. The molecule has 148 valence electrons. The summed E-state index contributed by atoms with van der Waals surface area (Å²) in [6, 6.07) is 9.82. The lowest BCUT2D eigenvalue weighted by Crippen LogP contribution is -2.63. The molecule has 3 atom stereocenters. The van der Waals surface area contributed by atoms with Gasteiger partial charge in [-0.3, -0.25) is 4.79 Å². The highest BCUT2D eigenvalue weighted by atomic mass is 28.4. The Hall–Kier alpha value is -1.77. The van der Waals surface area contributed by atoms with Crippen molar-refractivity contribution < 1.29 is 14.0 Å². The molecular weight excluding hydrogens is 354 g/mol. The van der Waals surface area contributed by atoms with Gasteiger partial charge in [-0.05, 0) is 43.6 Å². The molecule has 0 bridgehead atoms. The maximum Gasteiger partial charge on any atom is 0.228 e. The molecule has 27 heavy (non-hydrogen) atoms. The number of ether oxygens (including phenoxy) is 1. The van der Waals surface area contributed by atoms with Crippen molar-refractivity contribution in [3.8, 4) is 17.6 Å². The molecule has 0 aromatic heterocycles. The van der Waals surface area contributed by atoms with Gasteiger partial charge in [-0.1, -0.05) is 50.8 Å². The fourth-order valence-electron chi connectivity index (χ4n) is 2.97. The second-order valence-corrected chi connectivity index (χ2v) is 13.5. The number of para-hydroxylation sites is 1. The molecule has 1 aliphatic heterocycles. The molecule has 1 heterocycles. The Morgan fingerprint density at radius 1 is 1.19 bits per heavy atom. The zero-order valence-electron chi connectivity index (χ0n) is 17.5. The first-order chi connectivity index (χ1) is 12.6. The Kier molecular flexibility index (Phi) is 7.13. The van der Waals surface area contributed by atoms with Crippen LogP contribution >= 0.6 is 0 Å². The molecule has 1 aromatic rings. The van der Waals surface area contributed by atoms with Gasteiger partial charge in [-0.25, -0.2) is 0 Å². The van der Waals surface area contributed by atoms with Crippen LogP contribution in [0.1, 0.15) is 40.5 Å². The molecule has 1 saturated heterocycles. The van der Waals surface area contributed by atoms with Gasteiger partial charge in [0.05, 0.1) is 12.0 Å². The number of hydrogen-bond donors (Lipinski definition) is 1. The fraction of sp³-hybridized carbons (Fsp3) is 0.591. The number of rotatable bonds is 7. The van der Waals surface area contributed by atoms with Crippen LogP contribution in [0.3, 0.4) is 0 Å². The highest BCUT2D eigenvalue weighted by Crippen LogP contribution is 2.39. The van der Waals surface area contributed by atoms with E-state index >= 15 is 0 Å². The Balaban J connectivity index is 1.77. The highest BCUT2D eigenvalue weighted by Gasteiger charge is 2.46. The Morgan fingerprint density at radius 2 is 1.85 bits per heavy atom. The largest absolute Gasteiger partial charge is 0.481 e. The Labute approximate surface area is 165 Å². The van der Waals surface area contributed by atoms with Crippen LogP contribution in [-0.4, -0.2) is 33.0 Å². The minimum atomic E-state index is -1.88. The number of carbonyl (C=O) groups is 1. The first kappa shape index (κ1) is 21.5. The zero-order valence-corrected chi connectivity index (χ0v) is 18.5. The van der Waals surface area contributed by atoms with Crippen LogP contribution in [0.5, 0.6) is 5.75 Å². The summed E-state index contributed by atoms with van der Waals surface area (Å²) in [6.07, 6.45) is 1.53. The highest BCUT2D eigenvalue weighted by molar-refractivity contribution is 6.74. The van der Waals surface area contributed by atoms with Crippen LogP contribution in [0.15, 0.2) is 30.3 Å². The fourth-order valence-corrected chi connectivity index (χ4v) is 4.39. The first-order valence-electron chi connectivity index (χ1n) is 9.73. The molecule has 0 radical (unpaired) electrons. The monoisotopic (exact) mass is 387 g/mol. The topological polar surface area (TPSA) is 47.6 Å².